The van der Waals surface area contributed by atoms with Gasteiger partial charge in [0.15, 0.2) is 5.82 Å². The average Bonchev–Trinajstić information content (AvgIpc) is 3.01. The van der Waals surface area contributed by atoms with Crippen LogP contribution in [-0.4, -0.2) is 9.97 Å². The number of fused-ring (bicyclic) bond motifs is 2. The first-order chi connectivity index (χ1) is 41.4. The van der Waals surface area contributed by atoms with E-state index in [1.165, 1.54) is 39.2 Å². The van der Waals surface area contributed by atoms with E-state index in [1.54, 1.807) is 0 Å². The van der Waals surface area contributed by atoms with Crippen molar-refractivity contribution in [2.24, 2.45) is 0 Å². The molecule has 14 rings (SSSR count). The number of hydrogen-bond donors (Lipinski definition) is 0. The van der Waals surface area contributed by atoms with Gasteiger partial charge in [0.1, 0.15) is 0 Å². The van der Waals surface area contributed by atoms with Crippen LogP contribution >= 0.6 is 0 Å². The minimum absolute atomic E-state index is 0.321. The lowest BCUT2D eigenvalue weighted by molar-refractivity contribution is 0.632. The number of rotatable bonds is 13. The fourth-order valence-electron chi connectivity index (χ4n) is 11.9. The number of aromatic nitrogens is 2. The lowest BCUT2D eigenvalue weighted by Gasteiger charge is -2.42. The van der Waals surface area contributed by atoms with Crippen molar-refractivity contribution < 1.29 is 0 Å². The molecule has 0 saturated carbocycles. The van der Waals surface area contributed by atoms with Crippen LogP contribution in [0.25, 0.3) is 67.0 Å². The van der Waals surface area contributed by atoms with Crippen LogP contribution in [0.15, 0.2) is 322 Å². The van der Waals surface area contributed by atoms with Crippen LogP contribution in [0, 0.1) is 0 Å². The highest BCUT2D eigenvalue weighted by molar-refractivity contribution is 5.90. The molecular weight excluding hydrogens is 1020 g/mol. The maximum Gasteiger partial charge on any atom is 0.159 e. The second-order valence-electron chi connectivity index (χ2n) is 21.9. The van der Waals surface area contributed by atoms with E-state index >= 15 is 0 Å². The summed E-state index contributed by atoms with van der Waals surface area (Å²) in [6.45, 7) is 4.76. The molecule has 5 nitrogen and oxygen atoms in total. The topological polar surface area (TPSA) is 35.5 Å². The maximum absolute atomic E-state index is 4.64. The van der Waals surface area contributed by atoms with Crippen LogP contribution in [0.2, 0.25) is 0 Å². The summed E-state index contributed by atoms with van der Waals surface area (Å²) in [7, 11) is 0. The third kappa shape index (κ3) is 9.99. The molecule has 12 aromatic carbocycles. The second kappa shape index (κ2) is 22.2. The summed E-state index contributed by atoms with van der Waals surface area (Å²) in [6.07, 6.45) is 3.80. The molecule has 1 aromatic heterocycles. The third-order valence-corrected chi connectivity index (χ3v) is 16.4. The number of para-hydroxylation sites is 4. The Morgan fingerprint density at radius 1 is 0.262 bits per heavy atom. The predicted molar refractivity (Wildman–Crippen MR) is 351 cm³/mol. The van der Waals surface area contributed by atoms with E-state index in [-0.39, 0.29) is 5.41 Å². The van der Waals surface area contributed by atoms with Gasteiger partial charge in [-0.3, -0.25) is 0 Å². The smallest absolute Gasteiger partial charge is 0.159 e. The minimum Gasteiger partial charge on any atom is -0.311 e. The second-order valence-corrected chi connectivity index (χ2v) is 21.9. The highest BCUT2D eigenvalue weighted by atomic mass is 15.2. The van der Waals surface area contributed by atoms with Crippen molar-refractivity contribution in [2.75, 3.05) is 14.7 Å². The molecule has 84 heavy (non-hydrogen) atoms. The highest BCUT2D eigenvalue weighted by Gasteiger charge is 2.37. The summed E-state index contributed by atoms with van der Waals surface area (Å²) >= 11 is 0. The van der Waals surface area contributed by atoms with Crippen molar-refractivity contribution in [1.29, 1.82) is 0 Å². The van der Waals surface area contributed by atoms with Crippen molar-refractivity contribution in [2.45, 2.75) is 19.3 Å². The Hall–Kier alpha value is -10.9. The summed E-state index contributed by atoms with van der Waals surface area (Å²) in [5.74, 6) is 0.727. The molecule has 0 aliphatic carbocycles. The monoisotopic (exact) mass is 1080 g/mol. The molecule has 0 radical (unpaired) electrons. The van der Waals surface area contributed by atoms with Gasteiger partial charge in [-0.15, -0.1) is 0 Å². The van der Waals surface area contributed by atoms with Crippen LogP contribution in [0.1, 0.15) is 25.0 Å². The van der Waals surface area contributed by atoms with E-state index in [0.717, 1.165) is 90.1 Å². The first kappa shape index (κ1) is 51.3. The fourth-order valence-corrected chi connectivity index (χ4v) is 11.9. The summed E-state index contributed by atoms with van der Waals surface area (Å²) in [5, 5.41) is 0. The number of anilines is 9. The molecule has 1 aliphatic rings. The average molecular weight is 1080 g/mol. The third-order valence-electron chi connectivity index (χ3n) is 16.4. The number of benzene rings is 12. The van der Waals surface area contributed by atoms with Gasteiger partial charge in [-0.25, -0.2) is 9.97 Å². The summed E-state index contributed by atoms with van der Waals surface area (Å²) < 4.78 is 0. The van der Waals surface area contributed by atoms with Crippen LogP contribution < -0.4 is 14.7 Å². The first-order valence-corrected chi connectivity index (χ1v) is 28.7. The molecule has 0 atom stereocenters. The van der Waals surface area contributed by atoms with Gasteiger partial charge in [-0.2, -0.15) is 0 Å². The fraction of sp³-hybridized carbons (Fsp3) is 0.0380. The highest BCUT2D eigenvalue weighted by Crippen LogP contribution is 2.54. The molecule has 13 aromatic rings. The van der Waals surface area contributed by atoms with Crippen LogP contribution in [0.5, 0.6) is 0 Å². The number of hydrogen-bond acceptors (Lipinski definition) is 5. The van der Waals surface area contributed by atoms with Gasteiger partial charge in [-0.1, -0.05) is 214 Å². The summed E-state index contributed by atoms with van der Waals surface area (Å²) in [5.41, 5.74) is 24.8. The molecule has 0 saturated heterocycles. The summed E-state index contributed by atoms with van der Waals surface area (Å²) in [4.78, 5) is 16.4. The molecule has 0 amide bonds. The lowest BCUT2D eigenvalue weighted by atomic mass is 9.72. The van der Waals surface area contributed by atoms with Gasteiger partial charge >= 0.3 is 0 Å². The zero-order chi connectivity index (χ0) is 56.4. The van der Waals surface area contributed by atoms with Crippen LogP contribution in [-0.2, 0) is 5.41 Å². The molecule has 0 bridgehead atoms. The normalized spacial score (nSPS) is 12.2. The molecule has 0 unspecified atom stereocenters. The lowest BCUT2D eigenvalue weighted by Crippen LogP contribution is -2.30. The van der Waals surface area contributed by atoms with E-state index < -0.39 is 0 Å². The molecule has 0 spiro atoms. The Labute approximate surface area is 492 Å². The zero-order valence-electron chi connectivity index (χ0n) is 46.8. The maximum atomic E-state index is 4.64. The van der Waals surface area contributed by atoms with E-state index in [0.29, 0.717) is 0 Å². The quantitative estimate of drug-likeness (QED) is 0.115. The van der Waals surface area contributed by atoms with Gasteiger partial charge in [0.05, 0.1) is 11.4 Å². The van der Waals surface area contributed by atoms with E-state index in [4.69, 9.17) is 0 Å². The Balaban J connectivity index is 0.724. The van der Waals surface area contributed by atoms with Crippen LogP contribution in [0.4, 0.5) is 51.2 Å². The Morgan fingerprint density at radius 2 is 0.536 bits per heavy atom. The van der Waals surface area contributed by atoms with Crippen molar-refractivity contribution in [3.05, 3.63) is 333 Å². The van der Waals surface area contributed by atoms with Crippen molar-refractivity contribution >= 4 is 51.2 Å². The standard InChI is InChI=1S/C79H59N5/c1-79(2)74-52-64(60-38-46-71(47-39-60)82(67-20-10-4-11-21-67)68-22-12-5-13-23-68)42-50-76(74)84(70-26-16-7-17-27-70)77-51-43-65(53-75(77)79)61-40-48-73(49-41-61)83(69-24-14-6-15-25-69)72-44-36-59(37-45-72)58-30-28-56(29-31-58)57-32-34-62(35-33-57)66-54-80-78(81-55-66)63-18-8-3-9-19-63/h3-55H,1-2H3. The SMILES string of the molecule is CC1(C)c2cc(-c3ccc(N(c4ccccc4)c4ccccc4)cc3)ccc2N(c2ccccc2)c2ccc(-c3ccc(N(c4ccccc4)c4ccc(-c5ccc(-c6ccc(-c7cnc(-c8ccccc8)nc7)cc6)cc5)cc4)cc3)cc21. The zero-order valence-corrected chi connectivity index (χ0v) is 46.8. The van der Waals surface area contributed by atoms with Crippen molar-refractivity contribution in [3.8, 4) is 67.0 Å². The van der Waals surface area contributed by atoms with Gasteiger partial charge in [-0.05, 0) is 170 Å². The summed E-state index contributed by atoms with van der Waals surface area (Å²) in [6, 6.07) is 111. The first-order valence-electron chi connectivity index (χ1n) is 28.7. The van der Waals surface area contributed by atoms with Crippen molar-refractivity contribution in [1.82, 2.24) is 9.97 Å². The molecular formula is C79H59N5. The van der Waals surface area contributed by atoms with Crippen LogP contribution in [0.3, 0.4) is 0 Å². The molecule has 0 N–H and O–H groups in total. The van der Waals surface area contributed by atoms with Gasteiger partial charge in [0.25, 0.3) is 0 Å². The largest absolute Gasteiger partial charge is 0.311 e. The molecule has 400 valence electrons. The van der Waals surface area contributed by atoms with E-state index in [2.05, 4.69) is 318 Å². The molecule has 1 aliphatic heterocycles. The van der Waals surface area contributed by atoms with E-state index in [9.17, 15) is 0 Å². The Morgan fingerprint density at radius 3 is 0.893 bits per heavy atom. The molecule has 0 fully saturated rings. The number of nitrogens with zero attached hydrogens (tertiary/aromatic N) is 5. The Kier molecular flexibility index (Phi) is 13.6. The van der Waals surface area contributed by atoms with Crippen molar-refractivity contribution in [3.63, 3.8) is 0 Å². The molecule has 2 heterocycles. The van der Waals surface area contributed by atoms with Gasteiger partial charge < -0.3 is 14.7 Å². The molecule has 5 heteroatoms. The van der Waals surface area contributed by atoms with E-state index in [1.807, 2.05) is 42.7 Å². The van der Waals surface area contributed by atoms with Gasteiger partial charge in [0.2, 0.25) is 0 Å². The Bertz CT molecular complexity index is 4330. The predicted octanol–water partition coefficient (Wildman–Crippen LogP) is 21.5. The minimum atomic E-state index is -0.321. The van der Waals surface area contributed by atoms with Gasteiger partial charge in [0, 0.05) is 68.7 Å².